The summed E-state index contributed by atoms with van der Waals surface area (Å²) >= 11 is 1.90. The van der Waals surface area contributed by atoms with Crippen LogP contribution in [-0.4, -0.2) is 82.2 Å². The van der Waals surface area contributed by atoms with E-state index in [-0.39, 0.29) is 54.0 Å². The molecule has 0 aromatic rings. The molecule has 4 amide bonds. The number of nitrogens with one attached hydrogen (secondary N) is 4. The topological polar surface area (TPSA) is 157 Å². The molecule has 2 saturated heterocycles. The van der Waals surface area contributed by atoms with Crippen molar-refractivity contribution < 1.29 is 29.4 Å². The lowest BCUT2D eigenvalue weighted by Crippen LogP contribution is -2.36. The molecule has 0 radical (unpaired) electrons. The molecule has 3 fully saturated rings. The summed E-state index contributed by atoms with van der Waals surface area (Å²) in [5, 5.41) is 32.9. The van der Waals surface area contributed by atoms with Crippen molar-refractivity contribution in [1.29, 1.82) is 0 Å². The minimum Gasteiger partial charge on any atom is -0.392 e. The fraction of sp³-hybridized carbons (Fsp3) is 0.771. The van der Waals surface area contributed by atoms with Crippen LogP contribution < -0.4 is 21.3 Å². The number of carbonyl (C=O) groups excluding carboxylic acids is 4. The second kappa shape index (κ2) is 21.5. The van der Waals surface area contributed by atoms with Crippen molar-refractivity contribution in [3.05, 3.63) is 24.3 Å². The zero-order valence-corrected chi connectivity index (χ0v) is 28.5. The molecular weight excluding hydrogens is 604 g/mol. The fourth-order valence-corrected chi connectivity index (χ4v) is 8.10. The Morgan fingerprint density at radius 3 is 2.43 bits per heavy atom. The van der Waals surface area contributed by atoms with Crippen LogP contribution in [0.2, 0.25) is 0 Å². The predicted octanol–water partition coefficient (Wildman–Crippen LogP) is 4.30. The van der Waals surface area contributed by atoms with Crippen molar-refractivity contribution in [1.82, 2.24) is 21.3 Å². The number of carbonyl (C=O) groups is 4. The number of fused-ring (bicyclic) bond motifs is 1. The third-order valence-corrected chi connectivity index (χ3v) is 10.8. The summed E-state index contributed by atoms with van der Waals surface area (Å²) < 4.78 is 0. The normalized spacial score (nSPS) is 26.4. The number of Topliss-reactive ketones (excluding diaryl/α,β-unsaturated/α-hetero) is 1. The molecular formula is C35H58N4O6S. The Bertz CT molecular complexity index is 1020. The van der Waals surface area contributed by atoms with Crippen molar-refractivity contribution >= 4 is 35.4 Å². The van der Waals surface area contributed by atoms with E-state index in [4.69, 9.17) is 0 Å². The number of unbranched alkanes of at least 4 members (excludes halogenated alkanes) is 6. The average molecular weight is 663 g/mol. The molecule has 6 N–H and O–H groups in total. The van der Waals surface area contributed by atoms with Crippen LogP contribution in [0.5, 0.6) is 0 Å². The van der Waals surface area contributed by atoms with Gasteiger partial charge in [0, 0.05) is 55.2 Å². The van der Waals surface area contributed by atoms with Gasteiger partial charge in [-0.15, -0.1) is 0 Å². The standard InChI is InChI=1S/C35H58N4O6S/c1-2-3-7-14-25(40)19-20-27-26(29(41)23-30(27)42)15-8-4-5-9-17-32(43)36-21-12-6-13-22-37-33(44)18-11-10-16-31-34-28(24-46-31)38-35(45)39-34/h4,8,19-20,25-28,30-31,34,40,42H,2-3,5-7,9-18,21-24H2,1H3,(H,36,43)(H,37,44)(H2,38,39,45)/b8-4-,20-19+/t25-,26+,27+,28-,30+,31+,34-/m0/s1. The van der Waals surface area contributed by atoms with Crippen LogP contribution in [0.4, 0.5) is 4.79 Å². The summed E-state index contributed by atoms with van der Waals surface area (Å²) in [6.07, 6.45) is 18.9. The molecule has 3 rings (SSSR count). The van der Waals surface area contributed by atoms with Gasteiger partial charge in [-0.05, 0) is 57.8 Å². The molecule has 1 aliphatic carbocycles. The highest BCUT2D eigenvalue weighted by atomic mass is 32.2. The first kappa shape index (κ1) is 38.1. The average Bonchev–Trinajstić information content (AvgIpc) is 3.66. The van der Waals surface area contributed by atoms with E-state index in [1.807, 2.05) is 30.0 Å². The number of hydrogen-bond donors (Lipinski definition) is 6. The summed E-state index contributed by atoms with van der Waals surface area (Å²) in [5.74, 6) is 0.628. The highest BCUT2D eigenvalue weighted by Crippen LogP contribution is 2.34. The first-order valence-corrected chi connectivity index (χ1v) is 18.8. The zero-order chi connectivity index (χ0) is 33.1. The Kier molecular flexibility index (Phi) is 17.8. The van der Waals surface area contributed by atoms with Crippen molar-refractivity contribution in [2.24, 2.45) is 11.8 Å². The highest BCUT2D eigenvalue weighted by Gasteiger charge is 2.42. The lowest BCUT2D eigenvalue weighted by Gasteiger charge is -2.16. The third kappa shape index (κ3) is 13.8. The molecule has 3 aliphatic rings. The Morgan fingerprint density at radius 1 is 0.957 bits per heavy atom. The molecule has 10 nitrogen and oxygen atoms in total. The van der Waals surface area contributed by atoms with Crippen molar-refractivity contribution in [3.8, 4) is 0 Å². The van der Waals surface area contributed by atoms with E-state index in [0.29, 0.717) is 44.0 Å². The lowest BCUT2D eigenvalue weighted by molar-refractivity contribution is -0.122. The summed E-state index contributed by atoms with van der Waals surface area (Å²) in [5.41, 5.74) is 0. The number of hydrogen-bond acceptors (Lipinski definition) is 7. The van der Waals surface area contributed by atoms with Gasteiger partial charge in [0.1, 0.15) is 5.78 Å². The van der Waals surface area contributed by atoms with E-state index >= 15 is 0 Å². The number of amides is 4. The first-order chi connectivity index (χ1) is 22.3. The summed E-state index contributed by atoms with van der Waals surface area (Å²) in [4.78, 5) is 48.2. The highest BCUT2D eigenvalue weighted by molar-refractivity contribution is 8.00. The number of urea groups is 1. The molecule has 2 heterocycles. The molecule has 7 atom stereocenters. The van der Waals surface area contributed by atoms with Gasteiger partial charge in [-0.25, -0.2) is 4.79 Å². The van der Waals surface area contributed by atoms with Gasteiger partial charge in [0.2, 0.25) is 11.8 Å². The number of rotatable bonds is 23. The Balaban J connectivity index is 1.13. The zero-order valence-electron chi connectivity index (χ0n) is 27.7. The molecule has 0 unspecified atom stereocenters. The van der Waals surface area contributed by atoms with Crippen molar-refractivity contribution in [3.63, 3.8) is 0 Å². The summed E-state index contributed by atoms with van der Waals surface area (Å²) in [6, 6.07) is 0.407. The maximum absolute atomic E-state index is 12.4. The number of allylic oxidation sites excluding steroid dienone is 2. The second-order valence-corrected chi connectivity index (χ2v) is 14.4. The fourth-order valence-electron chi connectivity index (χ4n) is 6.56. The lowest BCUT2D eigenvalue weighted by atomic mass is 9.90. The van der Waals surface area contributed by atoms with Crippen LogP contribution in [0.25, 0.3) is 0 Å². The maximum Gasteiger partial charge on any atom is 0.315 e. The largest absolute Gasteiger partial charge is 0.392 e. The number of ketones is 1. The maximum atomic E-state index is 12.4. The van der Waals surface area contributed by atoms with E-state index in [1.165, 1.54) is 0 Å². The number of thioether (sulfide) groups is 1. The summed E-state index contributed by atoms with van der Waals surface area (Å²) in [7, 11) is 0. The van der Waals surface area contributed by atoms with E-state index < -0.39 is 12.2 Å². The van der Waals surface area contributed by atoms with Crippen LogP contribution in [0.1, 0.15) is 110 Å². The van der Waals surface area contributed by atoms with E-state index in [0.717, 1.165) is 76.4 Å². The predicted molar refractivity (Wildman–Crippen MR) is 183 cm³/mol. The van der Waals surface area contributed by atoms with Gasteiger partial charge in [0.05, 0.1) is 24.3 Å². The Hall–Kier alpha value is -2.37. The minimum absolute atomic E-state index is 0.0385. The van der Waals surface area contributed by atoms with Crippen LogP contribution in [0.15, 0.2) is 24.3 Å². The quantitative estimate of drug-likeness (QED) is 0.0541. The van der Waals surface area contributed by atoms with Crippen molar-refractivity contribution in [2.45, 2.75) is 139 Å². The number of aliphatic hydroxyl groups excluding tert-OH is 2. The molecule has 2 aliphatic heterocycles. The van der Waals surface area contributed by atoms with Gasteiger partial charge in [-0.2, -0.15) is 11.8 Å². The SMILES string of the molecule is CCCCC[C@H](O)/C=C/[C@H]1[C@H](O)CC(=O)[C@@H]1C/C=C\CCCC(=O)NCCCCCNC(=O)CCCC[C@H]1SC[C@@H]2NC(=O)N[C@@H]21. The van der Waals surface area contributed by atoms with E-state index in [9.17, 15) is 29.4 Å². The second-order valence-electron chi connectivity index (χ2n) is 13.1. The molecule has 11 heteroatoms. The van der Waals surface area contributed by atoms with Crippen LogP contribution >= 0.6 is 11.8 Å². The van der Waals surface area contributed by atoms with Crippen LogP contribution in [0.3, 0.4) is 0 Å². The van der Waals surface area contributed by atoms with E-state index in [2.05, 4.69) is 28.2 Å². The van der Waals surface area contributed by atoms with Gasteiger partial charge >= 0.3 is 6.03 Å². The third-order valence-electron chi connectivity index (χ3n) is 9.30. The Morgan fingerprint density at radius 2 is 1.70 bits per heavy atom. The molecule has 0 aromatic heterocycles. The monoisotopic (exact) mass is 662 g/mol. The minimum atomic E-state index is -0.694. The molecule has 1 saturated carbocycles. The van der Waals surface area contributed by atoms with Crippen LogP contribution in [-0.2, 0) is 14.4 Å². The van der Waals surface area contributed by atoms with Crippen molar-refractivity contribution in [2.75, 3.05) is 18.8 Å². The molecule has 0 aromatic carbocycles. The summed E-state index contributed by atoms with van der Waals surface area (Å²) in [6.45, 7) is 3.41. The molecule has 46 heavy (non-hydrogen) atoms. The smallest absolute Gasteiger partial charge is 0.315 e. The molecule has 260 valence electrons. The molecule has 0 bridgehead atoms. The van der Waals surface area contributed by atoms with Gasteiger partial charge in [-0.1, -0.05) is 56.9 Å². The van der Waals surface area contributed by atoms with Gasteiger partial charge in [-0.3, -0.25) is 14.4 Å². The molecule has 0 spiro atoms. The van der Waals surface area contributed by atoms with Gasteiger partial charge in [0.15, 0.2) is 0 Å². The first-order valence-electron chi connectivity index (χ1n) is 17.7. The number of aliphatic hydroxyl groups is 2. The Labute approximate surface area is 279 Å². The van der Waals surface area contributed by atoms with Crippen LogP contribution in [0, 0.1) is 11.8 Å². The van der Waals surface area contributed by atoms with Gasteiger partial charge in [0.25, 0.3) is 0 Å². The van der Waals surface area contributed by atoms with E-state index in [1.54, 1.807) is 6.08 Å². The van der Waals surface area contributed by atoms with Gasteiger partial charge < -0.3 is 31.5 Å².